The molecule has 0 amide bonds. The van der Waals surface area contributed by atoms with Crippen molar-refractivity contribution in [2.75, 3.05) is 6.61 Å². The summed E-state index contributed by atoms with van der Waals surface area (Å²) in [5.74, 6) is -3.03. The van der Waals surface area contributed by atoms with Gasteiger partial charge in [0.2, 0.25) is 0 Å². The molecule has 10 heteroatoms. The Balaban J connectivity index is 1.96. The second-order valence-electron chi connectivity index (χ2n) is 7.09. The Morgan fingerprint density at radius 3 is 1.45 bits per heavy atom. The number of hydrogen-bond donors (Lipinski definition) is 0. The number of alkyl halides is 6. The van der Waals surface area contributed by atoms with Crippen LogP contribution in [-0.2, 0) is 31.4 Å². The SMILES string of the molecule is CCOC1(C)O/C(=C\c2ccc(C(F)(F)F)cc2)C(=O)/C(=C/c2ccc(C(F)(F)F)cc2)O1. The summed E-state index contributed by atoms with van der Waals surface area (Å²) in [7, 11) is 0. The van der Waals surface area contributed by atoms with E-state index in [1.54, 1.807) is 6.92 Å². The maximum Gasteiger partial charge on any atom is 0.416 e. The van der Waals surface area contributed by atoms with Gasteiger partial charge < -0.3 is 14.2 Å². The molecule has 0 unspecified atom stereocenters. The Morgan fingerprint density at radius 2 is 1.15 bits per heavy atom. The molecular weight excluding hydrogens is 454 g/mol. The molecule has 1 heterocycles. The standard InChI is InChI=1S/C23H18F6O4/c1-3-31-21(2)32-18(12-14-4-8-16(9-5-14)22(24,25)26)20(30)19(33-21)13-15-6-10-17(11-7-15)23(27,28)29/h4-13H,3H2,1-2H3/b18-12-,19-13-. The third kappa shape index (κ3) is 5.95. The van der Waals surface area contributed by atoms with Crippen LogP contribution < -0.4 is 0 Å². The fourth-order valence-corrected chi connectivity index (χ4v) is 2.98. The second-order valence-corrected chi connectivity index (χ2v) is 7.09. The first-order valence-electron chi connectivity index (χ1n) is 9.65. The summed E-state index contributed by atoms with van der Waals surface area (Å²) in [5, 5.41) is 0. The van der Waals surface area contributed by atoms with Crippen LogP contribution in [0, 0.1) is 0 Å². The lowest BCUT2D eigenvalue weighted by atomic mass is 10.1. The van der Waals surface area contributed by atoms with Crippen LogP contribution in [0.2, 0.25) is 0 Å². The van der Waals surface area contributed by atoms with E-state index in [0.717, 1.165) is 24.3 Å². The molecule has 0 spiro atoms. The summed E-state index contributed by atoms with van der Waals surface area (Å²) in [6.45, 7) is 3.16. The number of Topliss-reactive ketones (excluding diaryl/α,β-unsaturated/α-hetero) is 1. The van der Waals surface area contributed by atoms with Crippen LogP contribution in [0.25, 0.3) is 12.2 Å². The Labute approximate surface area is 185 Å². The summed E-state index contributed by atoms with van der Waals surface area (Å²) in [6.07, 6.45) is -6.57. The molecule has 1 aliphatic rings. The maximum atomic E-state index is 12.9. The third-order valence-electron chi connectivity index (χ3n) is 4.52. The van der Waals surface area contributed by atoms with Gasteiger partial charge in [-0.2, -0.15) is 26.3 Å². The van der Waals surface area contributed by atoms with Crippen molar-refractivity contribution < 1.29 is 45.3 Å². The minimum Gasteiger partial charge on any atom is -0.426 e. The van der Waals surface area contributed by atoms with Gasteiger partial charge in [0.05, 0.1) is 17.7 Å². The summed E-state index contributed by atoms with van der Waals surface area (Å²) in [4.78, 5) is 12.9. The van der Waals surface area contributed by atoms with Crippen LogP contribution in [0.4, 0.5) is 26.3 Å². The minimum atomic E-state index is -4.51. The lowest BCUT2D eigenvalue weighted by Gasteiger charge is -2.35. The van der Waals surface area contributed by atoms with Crippen molar-refractivity contribution >= 4 is 17.9 Å². The van der Waals surface area contributed by atoms with Crippen molar-refractivity contribution in [3.63, 3.8) is 0 Å². The average molecular weight is 472 g/mol. The number of benzene rings is 2. The predicted molar refractivity (Wildman–Crippen MR) is 106 cm³/mol. The zero-order chi connectivity index (χ0) is 24.4. The minimum absolute atomic E-state index is 0.131. The summed E-state index contributed by atoms with van der Waals surface area (Å²) >= 11 is 0. The lowest BCUT2D eigenvalue weighted by Crippen LogP contribution is -2.42. The topological polar surface area (TPSA) is 44.8 Å². The molecule has 0 aliphatic carbocycles. The largest absolute Gasteiger partial charge is 0.426 e. The van der Waals surface area contributed by atoms with Crippen molar-refractivity contribution in [2.24, 2.45) is 0 Å². The van der Waals surface area contributed by atoms with Gasteiger partial charge in [0.25, 0.3) is 5.78 Å². The molecule has 0 aromatic heterocycles. The normalized spacial score (nSPS) is 21.8. The number of ether oxygens (including phenoxy) is 3. The van der Waals surface area contributed by atoms with E-state index >= 15 is 0 Å². The molecule has 1 aliphatic heterocycles. The highest BCUT2D eigenvalue weighted by Gasteiger charge is 2.41. The van der Waals surface area contributed by atoms with E-state index in [1.165, 1.54) is 43.3 Å². The van der Waals surface area contributed by atoms with Crippen molar-refractivity contribution in [2.45, 2.75) is 32.2 Å². The van der Waals surface area contributed by atoms with Gasteiger partial charge >= 0.3 is 18.3 Å². The molecular formula is C23H18F6O4. The van der Waals surface area contributed by atoms with Crippen LogP contribution in [0.1, 0.15) is 36.1 Å². The first-order valence-corrected chi connectivity index (χ1v) is 9.65. The maximum absolute atomic E-state index is 12.9. The highest BCUT2D eigenvalue weighted by Crippen LogP contribution is 2.34. The van der Waals surface area contributed by atoms with Gasteiger partial charge in [-0.25, -0.2) is 0 Å². The quantitative estimate of drug-likeness (QED) is 0.380. The van der Waals surface area contributed by atoms with E-state index in [0.29, 0.717) is 0 Å². The number of carbonyl (C=O) groups excluding carboxylic acids is 1. The highest BCUT2D eigenvalue weighted by atomic mass is 19.4. The second kappa shape index (κ2) is 8.93. The molecule has 0 N–H and O–H groups in total. The molecule has 3 rings (SSSR count). The van der Waals surface area contributed by atoms with Gasteiger partial charge in [0.15, 0.2) is 11.5 Å². The molecule has 4 nitrogen and oxygen atoms in total. The lowest BCUT2D eigenvalue weighted by molar-refractivity contribution is -0.343. The zero-order valence-corrected chi connectivity index (χ0v) is 17.4. The zero-order valence-electron chi connectivity index (χ0n) is 17.4. The van der Waals surface area contributed by atoms with Crippen LogP contribution >= 0.6 is 0 Å². The molecule has 33 heavy (non-hydrogen) atoms. The molecule has 2 aromatic carbocycles. The first kappa shape index (κ1) is 24.4. The first-order chi connectivity index (χ1) is 15.3. The van der Waals surface area contributed by atoms with Gasteiger partial charge in [-0.05, 0) is 54.5 Å². The van der Waals surface area contributed by atoms with Crippen LogP contribution in [0.15, 0.2) is 60.0 Å². The third-order valence-corrected chi connectivity index (χ3v) is 4.52. The fourth-order valence-electron chi connectivity index (χ4n) is 2.98. The number of ketones is 1. The van der Waals surface area contributed by atoms with Crippen molar-refractivity contribution in [1.82, 2.24) is 0 Å². The van der Waals surface area contributed by atoms with Gasteiger partial charge in [0.1, 0.15) is 0 Å². The fraction of sp³-hybridized carbons (Fsp3) is 0.261. The van der Waals surface area contributed by atoms with E-state index < -0.39 is 35.2 Å². The monoisotopic (exact) mass is 472 g/mol. The molecule has 0 saturated carbocycles. The van der Waals surface area contributed by atoms with E-state index in [2.05, 4.69) is 0 Å². The van der Waals surface area contributed by atoms with Crippen molar-refractivity contribution in [3.05, 3.63) is 82.3 Å². The number of hydrogen-bond acceptors (Lipinski definition) is 4. The molecule has 2 aromatic rings. The van der Waals surface area contributed by atoms with Gasteiger partial charge in [-0.3, -0.25) is 4.79 Å². The molecule has 0 bridgehead atoms. The van der Waals surface area contributed by atoms with E-state index in [4.69, 9.17) is 14.2 Å². The summed E-state index contributed by atoms with van der Waals surface area (Å²) < 4.78 is 93.1. The van der Waals surface area contributed by atoms with Gasteiger partial charge in [0, 0.05) is 6.92 Å². The number of rotatable bonds is 4. The summed E-state index contributed by atoms with van der Waals surface area (Å²) in [6, 6.07) is 8.10. The van der Waals surface area contributed by atoms with Crippen LogP contribution in [0.3, 0.4) is 0 Å². The molecule has 0 atom stereocenters. The summed E-state index contributed by atoms with van der Waals surface area (Å²) in [5.41, 5.74) is -1.21. The molecule has 1 saturated heterocycles. The Bertz CT molecular complexity index is 985. The van der Waals surface area contributed by atoms with Gasteiger partial charge in [-0.1, -0.05) is 24.3 Å². The van der Waals surface area contributed by atoms with Crippen LogP contribution in [-0.4, -0.2) is 18.4 Å². The molecule has 0 radical (unpaired) electrons. The van der Waals surface area contributed by atoms with E-state index in [9.17, 15) is 31.1 Å². The van der Waals surface area contributed by atoms with Crippen LogP contribution in [0.5, 0.6) is 0 Å². The van der Waals surface area contributed by atoms with E-state index in [1.807, 2.05) is 0 Å². The molecule has 176 valence electrons. The van der Waals surface area contributed by atoms with Gasteiger partial charge in [-0.15, -0.1) is 0 Å². The Hall–Kier alpha value is -3.27. The Kier molecular flexibility index (Phi) is 6.60. The average Bonchev–Trinajstić information content (AvgIpc) is 2.71. The number of carbonyl (C=O) groups is 1. The number of halogens is 6. The smallest absolute Gasteiger partial charge is 0.416 e. The Morgan fingerprint density at radius 1 is 0.788 bits per heavy atom. The molecule has 1 fully saturated rings. The predicted octanol–water partition coefficient (Wildman–Crippen LogP) is 6.43. The van der Waals surface area contributed by atoms with E-state index in [-0.39, 0.29) is 29.3 Å². The highest BCUT2D eigenvalue weighted by molar-refractivity contribution is 6.11. The van der Waals surface area contributed by atoms with Crippen molar-refractivity contribution in [1.29, 1.82) is 0 Å². The van der Waals surface area contributed by atoms with Crippen molar-refractivity contribution in [3.8, 4) is 0 Å².